The quantitative estimate of drug-likeness (QED) is 0.566. The minimum Gasteiger partial charge on any atom is -0.389 e. The standard InChI is InChI=1S/C17H15BrO2/c18-10-16(19)17(20)15-9-11-5-1-2-6-12(11)13-7-3-4-8-14(13)15/h1-9,16-17,19-20H,10H2. The van der Waals surface area contributed by atoms with Gasteiger partial charge >= 0.3 is 0 Å². The molecule has 2 N–H and O–H groups in total. The van der Waals surface area contributed by atoms with E-state index in [1.165, 1.54) is 0 Å². The van der Waals surface area contributed by atoms with Crippen LogP contribution in [0.3, 0.4) is 0 Å². The Kier molecular flexibility index (Phi) is 3.74. The van der Waals surface area contributed by atoms with E-state index in [9.17, 15) is 10.2 Å². The lowest BCUT2D eigenvalue weighted by Crippen LogP contribution is -2.19. The number of rotatable bonds is 3. The van der Waals surface area contributed by atoms with Crippen molar-refractivity contribution in [1.29, 1.82) is 0 Å². The molecule has 3 aromatic carbocycles. The first-order chi connectivity index (χ1) is 9.72. The number of fused-ring (bicyclic) bond motifs is 3. The van der Waals surface area contributed by atoms with Crippen LogP contribution in [0.4, 0.5) is 0 Å². The van der Waals surface area contributed by atoms with Gasteiger partial charge in [-0.05, 0) is 33.2 Å². The van der Waals surface area contributed by atoms with E-state index in [-0.39, 0.29) is 0 Å². The monoisotopic (exact) mass is 330 g/mol. The fourth-order valence-corrected chi connectivity index (χ4v) is 2.97. The summed E-state index contributed by atoms with van der Waals surface area (Å²) in [6, 6.07) is 18.0. The molecular weight excluding hydrogens is 316 g/mol. The summed E-state index contributed by atoms with van der Waals surface area (Å²) in [7, 11) is 0. The maximum absolute atomic E-state index is 10.4. The molecule has 0 spiro atoms. The Morgan fingerprint density at radius 3 is 2.15 bits per heavy atom. The molecule has 0 saturated heterocycles. The van der Waals surface area contributed by atoms with E-state index < -0.39 is 12.2 Å². The summed E-state index contributed by atoms with van der Waals surface area (Å²) in [5.41, 5.74) is 0.770. The highest BCUT2D eigenvalue weighted by molar-refractivity contribution is 9.09. The van der Waals surface area contributed by atoms with Crippen molar-refractivity contribution in [3.63, 3.8) is 0 Å². The second kappa shape index (κ2) is 5.52. The van der Waals surface area contributed by atoms with Gasteiger partial charge in [0.05, 0.1) is 6.10 Å². The zero-order chi connectivity index (χ0) is 14.1. The van der Waals surface area contributed by atoms with Gasteiger partial charge < -0.3 is 10.2 Å². The maximum Gasteiger partial charge on any atom is 0.106 e. The fourth-order valence-electron chi connectivity index (χ4n) is 2.62. The summed E-state index contributed by atoms with van der Waals surface area (Å²) in [6.45, 7) is 0. The van der Waals surface area contributed by atoms with Gasteiger partial charge in [0.1, 0.15) is 6.10 Å². The van der Waals surface area contributed by atoms with Crippen LogP contribution in [0, 0.1) is 0 Å². The van der Waals surface area contributed by atoms with E-state index in [0.29, 0.717) is 5.33 Å². The second-order valence-corrected chi connectivity index (χ2v) is 5.55. The van der Waals surface area contributed by atoms with Gasteiger partial charge in [0, 0.05) is 5.33 Å². The predicted octanol–water partition coefficient (Wildman–Crippen LogP) is 3.78. The Labute approximate surface area is 125 Å². The van der Waals surface area contributed by atoms with Gasteiger partial charge in [-0.1, -0.05) is 64.5 Å². The molecule has 3 aromatic rings. The number of benzene rings is 3. The fraction of sp³-hybridized carbons (Fsp3) is 0.176. The van der Waals surface area contributed by atoms with Crippen LogP contribution in [-0.4, -0.2) is 21.6 Å². The molecule has 2 nitrogen and oxygen atoms in total. The average molecular weight is 331 g/mol. The first kappa shape index (κ1) is 13.6. The number of halogens is 1. The molecule has 2 unspecified atom stereocenters. The summed E-state index contributed by atoms with van der Waals surface area (Å²) in [6.07, 6.45) is -1.72. The lowest BCUT2D eigenvalue weighted by Gasteiger charge is -2.19. The lowest BCUT2D eigenvalue weighted by molar-refractivity contribution is 0.0353. The van der Waals surface area contributed by atoms with Crippen LogP contribution >= 0.6 is 15.9 Å². The Morgan fingerprint density at radius 1 is 0.850 bits per heavy atom. The molecule has 0 saturated carbocycles. The third kappa shape index (κ3) is 2.22. The zero-order valence-corrected chi connectivity index (χ0v) is 12.4. The molecule has 0 heterocycles. The highest BCUT2D eigenvalue weighted by Crippen LogP contribution is 2.33. The van der Waals surface area contributed by atoms with Gasteiger partial charge in [0.15, 0.2) is 0 Å². The van der Waals surface area contributed by atoms with Crippen LogP contribution in [0.1, 0.15) is 11.7 Å². The predicted molar refractivity (Wildman–Crippen MR) is 86.2 cm³/mol. The van der Waals surface area contributed by atoms with Gasteiger partial charge in [0.25, 0.3) is 0 Å². The van der Waals surface area contributed by atoms with E-state index in [0.717, 1.165) is 27.1 Å². The summed E-state index contributed by atoms with van der Waals surface area (Å²) in [5.74, 6) is 0. The minimum atomic E-state index is -0.899. The summed E-state index contributed by atoms with van der Waals surface area (Å²) in [5, 5.41) is 24.9. The van der Waals surface area contributed by atoms with Gasteiger partial charge in [-0.25, -0.2) is 0 Å². The van der Waals surface area contributed by atoms with Gasteiger partial charge in [-0.15, -0.1) is 0 Å². The van der Waals surface area contributed by atoms with Crippen molar-refractivity contribution in [2.75, 3.05) is 5.33 Å². The van der Waals surface area contributed by atoms with Crippen molar-refractivity contribution in [3.8, 4) is 0 Å². The van der Waals surface area contributed by atoms with E-state index in [4.69, 9.17) is 0 Å². The smallest absolute Gasteiger partial charge is 0.106 e. The summed E-state index contributed by atoms with van der Waals surface area (Å²) < 4.78 is 0. The molecule has 0 radical (unpaired) electrons. The van der Waals surface area contributed by atoms with Crippen molar-refractivity contribution in [1.82, 2.24) is 0 Å². The zero-order valence-electron chi connectivity index (χ0n) is 10.8. The van der Waals surface area contributed by atoms with Crippen LogP contribution in [-0.2, 0) is 0 Å². The molecule has 0 bridgehead atoms. The Balaban J connectivity index is 2.34. The molecular formula is C17H15BrO2. The topological polar surface area (TPSA) is 40.5 Å². The molecule has 0 aromatic heterocycles. The number of hydrogen-bond donors (Lipinski definition) is 2. The number of aliphatic hydroxyl groups excluding tert-OH is 2. The maximum atomic E-state index is 10.4. The largest absolute Gasteiger partial charge is 0.389 e. The number of alkyl halides is 1. The van der Waals surface area contributed by atoms with Crippen LogP contribution < -0.4 is 0 Å². The second-order valence-electron chi connectivity index (χ2n) is 4.90. The lowest BCUT2D eigenvalue weighted by atomic mass is 9.93. The molecule has 0 fully saturated rings. The van der Waals surface area contributed by atoms with Crippen LogP contribution in [0.5, 0.6) is 0 Å². The van der Waals surface area contributed by atoms with E-state index in [1.54, 1.807) is 0 Å². The molecule has 0 amide bonds. The van der Waals surface area contributed by atoms with E-state index >= 15 is 0 Å². The highest BCUT2D eigenvalue weighted by Gasteiger charge is 2.20. The van der Waals surface area contributed by atoms with Gasteiger partial charge in [-0.2, -0.15) is 0 Å². The summed E-state index contributed by atoms with van der Waals surface area (Å²) >= 11 is 3.22. The SMILES string of the molecule is OC(CBr)C(O)c1cc2ccccc2c2ccccc12. The normalized spacial score (nSPS) is 14.6. The molecule has 0 aliphatic rings. The third-order valence-electron chi connectivity index (χ3n) is 3.64. The molecule has 0 aliphatic heterocycles. The van der Waals surface area contributed by atoms with Crippen molar-refractivity contribution >= 4 is 37.5 Å². The molecule has 102 valence electrons. The van der Waals surface area contributed by atoms with Crippen molar-refractivity contribution in [2.24, 2.45) is 0 Å². The third-order valence-corrected chi connectivity index (χ3v) is 4.30. The van der Waals surface area contributed by atoms with Crippen molar-refractivity contribution in [2.45, 2.75) is 12.2 Å². The molecule has 2 atom stereocenters. The van der Waals surface area contributed by atoms with Crippen LogP contribution in [0.2, 0.25) is 0 Å². The van der Waals surface area contributed by atoms with Gasteiger partial charge in [0.2, 0.25) is 0 Å². The van der Waals surface area contributed by atoms with Crippen LogP contribution in [0.15, 0.2) is 54.6 Å². The first-order valence-electron chi connectivity index (χ1n) is 6.55. The number of hydrogen-bond acceptors (Lipinski definition) is 2. The van der Waals surface area contributed by atoms with E-state index in [1.807, 2.05) is 42.5 Å². The highest BCUT2D eigenvalue weighted by atomic mass is 79.9. The first-order valence-corrected chi connectivity index (χ1v) is 7.67. The minimum absolute atomic E-state index is 0.343. The summed E-state index contributed by atoms with van der Waals surface area (Å²) in [4.78, 5) is 0. The Hall–Kier alpha value is -1.42. The molecule has 0 aliphatic carbocycles. The Bertz CT molecular complexity index is 754. The Morgan fingerprint density at radius 2 is 1.45 bits per heavy atom. The van der Waals surface area contributed by atoms with Crippen LogP contribution in [0.25, 0.3) is 21.5 Å². The molecule has 3 heteroatoms. The van der Waals surface area contributed by atoms with Gasteiger partial charge in [-0.3, -0.25) is 0 Å². The van der Waals surface area contributed by atoms with Crippen molar-refractivity contribution in [3.05, 3.63) is 60.2 Å². The average Bonchev–Trinajstić information content (AvgIpc) is 2.52. The van der Waals surface area contributed by atoms with Crippen molar-refractivity contribution < 1.29 is 10.2 Å². The molecule has 20 heavy (non-hydrogen) atoms. The molecule has 3 rings (SSSR count). The number of aliphatic hydroxyl groups is 2. The van der Waals surface area contributed by atoms with E-state index in [2.05, 4.69) is 28.1 Å².